The van der Waals surface area contributed by atoms with E-state index < -0.39 is 0 Å². The summed E-state index contributed by atoms with van der Waals surface area (Å²) in [6, 6.07) is 15.0. The molecule has 4 heterocycles. The highest BCUT2D eigenvalue weighted by Crippen LogP contribution is 2.42. The van der Waals surface area contributed by atoms with Gasteiger partial charge in [-0.3, -0.25) is 14.6 Å². The second-order valence-electron chi connectivity index (χ2n) is 9.43. The maximum absolute atomic E-state index is 13.1. The number of nitrogens with zero attached hydrogens (tertiary/aromatic N) is 3. The van der Waals surface area contributed by atoms with Crippen molar-refractivity contribution < 1.29 is 9.59 Å². The number of hydrogen-bond acceptors (Lipinski definition) is 3. The molecule has 162 valence electrons. The molecule has 5 rings (SSSR count). The van der Waals surface area contributed by atoms with Crippen LogP contribution in [-0.4, -0.2) is 51.8 Å². The number of benzene rings is 1. The average molecular weight is 418 g/mol. The molecule has 2 amide bonds. The van der Waals surface area contributed by atoms with Gasteiger partial charge in [0.15, 0.2) is 0 Å². The second-order valence-corrected chi connectivity index (χ2v) is 9.43. The topological polar surface area (TPSA) is 53.5 Å². The first-order valence-electron chi connectivity index (χ1n) is 11.7. The first-order valence-corrected chi connectivity index (χ1v) is 11.7. The molecule has 5 heteroatoms. The zero-order valence-electron chi connectivity index (χ0n) is 18.0. The summed E-state index contributed by atoms with van der Waals surface area (Å²) in [4.78, 5) is 34.6. The lowest BCUT2D eigenvalue weighted by Gasteiger charge is -2.56. The Bertz CT molecular complexity index is 917. The number of aryl methyl sites for hydroxylation is 1. The Morgan fingerprint density at radius 2 is 1.84 bits per heavy atom. The van der Waals surface area contributed by atoms with Crippen LogP contribution >= 0.6 is 0 Å². The number of likely N-dealkylation sites (tertiary alicyclic amines) is 1. The maximum Gasteiger partial charge on any atom is 0.223 e. The van der Waals surface area contributed by atoms with Crippen molar-refractivity contribution in [2.75, 3.05) is 13.1 Å². The van der Waals surface area contributed by atoms with Gasteiger partial charge in [-0.25, -0.2) is 0 Å². The van der Waals surface area contributed by atoms with Gasteiger partial charge in [-0.1, -0.05) is 36.4 Å². The van der Waals surface area contributed by atoms with E-state index in [1.807, 2.05) is 24.4 Å². The Kier molecular flexibility index (Phi) is 5.75. The zero-order chi connectivity index (χ0) is 21.2. The van der Waals surface area contributed by atoms with Crippen molar-refractivity contribution in [3.05, 3.63) is 66.0 Å². The summed E-state index contributed by atoms with van der Waals surface area (Å²) >= 11 is 0. The van der Waals surface area contributed by atoms with Crippen molar-refractivity contribution in [3.63, 3.8) is 0 Å². The maximum atomic E-state index is 13.1. The van der Waals surface area contributed by atoms with Crippen LogP contribution < -0.4 is 0 Å². The number of aromatic nitrogens is 1. The first kappa shape index (κ1) is 20.2. The Labute approximate surface area is 184 Å². The predicted octanol–water partition coefficient (Wildman–Crippen LogP) is 3.48. The van der Waals surface area contributed by atoms with Crippen LogP contribution in [0.4, 0.5) is 0 Å². The van der Waals surface area contributed by atoms with Crippen molar-refractivity contribution in [3.8, 4) is 0 Å². The van der Waals surface area contributed by atoms with Crippen LogP contribution in [-0.2, 0) is 22.4 Å². The highest BCUT2D eigenvalue weighted by atomic mass is 16.2. The van der Waals surface area contributed by atoms with Gasteiger partial charge in [0.25, 0.3) is 0 Å². The largest absolute Gasteiger partial charge is 0.342 e. The van der Waals surface area contributed by atoms with Crippen LogP contribution in [0.2, 0.25) is 0 Å². The third-order valence-electron chi connectivity index (χ3n) is 7.49. The molecule has 3 saturated heterocycles. The number of piperidine rings is 3. The fraction of sp³-hybridized carbons (Fsp3) is 0.500. The predicted molar refractivity (Wildman–Crippen MR) is 119 cm³/mol. The Hall–Kier alpha value is -2.69. The molecule has 31 heavy (non-hydrogen) atoms. The van der Waals surface area contributed by atoms with Gasteiger partial charge in [0.05, 0.1) is 0 Å². The number of carbonyl (C=O) groups excluding carboxylic acids is 2. The molecule has 4 atom stereocenters. The number of fused-ring (bicyclic) bond motifs is 4. The summed E-state index contributed by atoms with van der Waals surface area (Å²) in [5, 5.41) is 0. The van der Waals surface area contributed by atoms with Gasteiger partial charge < -0.3 is 9.80 Å². The Balaban J connectivity index is 1.33. The lowest BCUT2D eigenvalue weighted by molar-refractivity contribution is -0.156. The molecule has 0 radical (unpaired) electrons. The van der Waals surface area contributed by atoms with Crippen LogP contribution in [0.15, 0.2) is 54.9 Å². The molecule has 0 unspecified atom stereocenters. The van der Waals surface area contributed by atoms with E-state index in [0.717, 1.165) is 50.8 Å². The Morgan fingerprint density at radius 1 is 1.03 bits per heavy atom. The molecule has 2 bridgehead atoms. The SMILES string of the molecule is O=C(CCc1cccnc1)N1C[C@H]2C[C@@H](C1)[C@H](Cc1ccccc1)N1C(=O)CCC[C@@H]21. The van der Waals surface area contributed by atoms with Crippen LogP contribution in [0.25, 0.3) is 0 Å². The van der Waals surface area contributed by atoms with E-state index >= 15 is 0 Å². The molecule has 5 nitrogen and oxygen atoms in total. The van der Waals surface area contributed by atoms with Crippen LogP contribution in [0.1, 0.15) is 43.2 Å². The molecule has 1 aromatic heterocycles. The third-order valence-corrected chi connectivity index (χ3v) is 7.49. The molecule has 0 N–H and O–H groups in total. The molecular formula is C26H31N3O2. The van der Waals surface area contributed by atoms with Gasteiger partial charge in [0.1, 0.15) is 0 Å². The Morgan fingerprint density at radius 3 is 2.65 bits per heavy atom. The summed E-state index contributed by atoms with van der Waals surface area (Å²) in [5.41, 5.74) is 2.39. The van der Waals surface area contributed by atoms with Gasteiger partial charge >= 0.3 is 0 Å². The van der Waals surface area contributed by atoms with Crippen LogP contribution in [0.5, 0.6) is 0 Å². The quantitative estimate of drug-likeness (QED) is 0.748. The highest BCUT2D eigenvalue weighted by molar-refractivity contribution is 5.79. The van der Waals surface area contributed by atoms with E-state index in [-0.39, 0.29) is 11.9 Å². The summed E-state index contributed by atoms with van der Waals surface area (Å²) in [6.45, 7) is 1.57. The van der Waals surface area contributed by atoms with E-state index in [1.54, 1.807) is 6.20 Å². The highest BCUT2D eigenvalue weighted by Gasteiger charge is 2.49. The lowest BCUT2D eigenvalue weighted by atomic mass is 9.70. The standard InChI is InChI=1S/C26H31N3O2/c30-25(12-11-20-8-5-13-27-16-20)28-17-21-15-22(18-28)24(14-19-6-2-1-3-7-19)29-23(21)9-4-10-26(29)31/h1-3,5-8,13,16,21-24H,4,9-12,14-15,17-18H2/t21-,22+,23+,24+/m1/s1. The molecule has 3 fully saturated rings. The van der Waals surface area contributed by atoms with Crippen molar-refractivity contribution in [2.45, 2.75) is 57.0 Å². The lowest BCUT2D eigenvalue weighted by Crippen LogP contribution is -2.66. The average Bonchev–Trinajstić information content (AvgIpc) is 2.81. The number of carbonyl (C=O) groups is 2. The summed E-state index contributed by atoms with van der Waals surface area (Å²) in [7, 11) is 0. The van der Waals surface area contributed by atoms with Gasteiger partial charge in [-0.05, 0) is 61.1 Å². The van der Waals surface area contributed by atoms with Crippen molar-refractivity contribution in [2.24, 2.45) is 11.8 Å². The van der Waals surface area contributed by atoms with Gasteiger partial charge in [-0.15, -0.1) is 0 Å². The van der Waals surface area contributed by atoms with E-state index in [1.165, 1.54) is 5.56 Å². The minimum absolute atomic E-state index is 0.199. The van der Waals surface area contributed by atoms with Crippen LogP contribution in [0, 0.1) is 11.8 Å². The van der Waals surface area contributed by atoms with E-state index in [4.69, 9.17) is 0 Å². The second kappa shape index (κ2) is 8.81. The van der Waals surface area contributed by atoms with Crippen molar-refractivity contribution >= 4 is 11.8 Å². The molecule has 0 spiro atoms. The number of rotatable bonds is 5. The smallest absolute Gasteiger partial charge is 0.223 e. The fourth-order valence-corrected chi connectivity index (χ4v) is 6.05. The molecule has 1 aromatic carbocycles. The van der Waals surface area contributed by atoms with E-state index in [9.17, 15) is 9.59 Å². The normalized spacial score (nSPS) is 27.7. The molecule has 3 aliphatic rings. The van der Waals surface area contributed by atoms with E-state index in [0.29, 0.717) is 36.6 Å². The van der Waals surface area contributed by atoms with Gasteiger partial charge in [-0.2, -0.15) is 0 Å². The molecule has 3 aliphatic heterocycles. The van der Waals surface area contributed by atoms with E-state index in [2.05, 4.69) is 39.0 Å². The third kappa shape index (κ3) is 4.23. The molecule has 2 aromatic rings. The zero-order valence-corrected chi connectivity index (χ0v) is 18.0. The number of pyridine rings is 1. The summed E-state index contributed by atoms with van der Waals surface area (Å²) in [5.74, 6) is 1.34. The minimum Gasteiger partial charge on any atom is -0.342 e. The van der Waals surface area contributed by atoms with Gasteiger partial charge in [0.2, 0.25) is 11.8 Å². The van der Waals surface area contributed by atoms with Crippen molar-refractivity contribution in [1.29, 1.82) is 0 Å². The van der Waals surface area contributed by atoms with Gasteiger partial charge in [0, 0.05) is 50.4 Å². The summed E-state index contributed by atoms with van der Waals surface area (Å²) in [6.07, 6.45) is 9.63. The number of hydrogen-bond donors (Lipinski definition) is 0. The molecule has 0 saturated carbocycles. The fourth-order valence-electron chi connectivity index (χ4n) is 6.05. The minimum atomic E-state index is 0.199. The molecular weight excluding hydrogens is 386 g/mol. The summed E-state index contributed by atoms with van der Waals surface area (Å²) < 4.78 is 0. The van der Waals surface area contributed by atoms with Crippen molar-refractivity contribution in [1.82, 2.24) is 14.8 Å². The number of amides is 2. The van der Waals surface area contributed by atoms with Crippen LogP contribution in [0.3, 0.4) is 0 Å². The monoisotopic (exact) mass is 417 g/mol. The molecule has 0 aliphatic carbocycles. The first-order chi connectivity index (χ1) is 15.2.